The largest absolute Gasteiger partial charge is 0.398 e. The average Bonchev–Trinajstić information content (AvgIpc) is 2.34. The van der Waals surface area contributed by atoms with Crippen molar-refractivity contribution in [1.29, 1.82) is 0 Å². The number of benzene rings is 2. The van der Waals surface area contributed by atoms with Crippen molar-refractivity contribution >= 4 is 33.4 Å². The van der Waals surface area contributed by atoms with E-state index in [-0.39, 0.29) is 0 Å². The molecule has 0 heterocycles. The minimum Gasteiger partial charge on any atom is -0.398 e. The summed E-state index contributed by atoms with van der Waals surface area (Å²) >= 11 is 3.38. The number of nitrogens with two attached hydrogens (primary N) is 2. The van der Waals surface area contributed by atoms with Crippen LogP contribution in [0.1, 0.15) is 11.1 Å². The summed E-state index contributed by atoms with van der Waals surface area (Å²) in [5, 5.41) is 0. The molecule has 0 atom stereocenters. The Morgan fingerprint density at radius 1 is 1.06 bits per heavy atom. The van der Waals surface area contributed by atoms with E-state index in [1.807, 2.05) is 54.6 Å². The first-order valence-corrected chi connectivity index (χ1v) is 6.04. The average molecular weight is 289 g/mol. The van der Waals surface area contributed by atoms with Crippen molar-refractivity contribution in [3.05, 3.63) is 64.1 Å². The maximum Gasteiger partial charge on any atom is 0.0399 e. The Hall–Kier alpha value is -1.74. The number of anilines is 1. The van der Waals surface area contributed by atoms with Crippen molar-refractivity contribution in [2.45, 2.75) is 0 Å². The molecule has 0 bridgehead atoms. The lowest BCUT2D eigenvalue weighted by Gasteiger charge is -2.04. The SMILES string of the molecule is N/C(=C\c1ccc(Br)cc1N)c1ccccc1. The van der Waals surface area contributed by atoms with Crippen LogP contribution in [0, 0.1) is 0 Å². The van der Waals surface area contributed by atoms with Crippen molar-refractivity contribution in [2.24, 2.45) is 5.73 Å². The van der Waals surface area contributed by atoms with Crippen LogP contribution >= 0.6 is 15.9 Å². The summed E-state index contributed by atoms with van der Waals surface area (Å²) in [7, 11) is 0. The van der Waals surface area contributed by atoms with E-state index in [0.29, 0.717) is 11.4 Å². The van der Waals surface area contributed by atoms with E-state index in [9.17, 15) is 0 Å². The van der Waals surface area contributed by atoms with Gasteiger partial charge in [0.1, 0.15) is 0 Å². The zero-order chi connectivity index (χ0) is 12.3. The fraction of sp³-hybridized carbons (Fsp3) is 0. The first-order valence-electron chi connectivity index (χ1n) is 5.24. The van der Waals surface area contributed by atoms with E-state index in [1.54, 1.807) is 0 Å². The monoisotopic (exact) mass is 288 g/mol. The molecule has 2 rings (SSSR count). The molecule has 0 spiro atoms. The third-order valence-corrected chi connectivity index (χ3v) is 2.96. The minimum absolute atomic E-state index is 0.707. The molecule has 0 amide bonds. The van der Waals surface area contributed by atoms with Crippen LogP contribution in [0.4, 0.5) is 5.69 Å². The molecule has 3 heteroatoms. The Kier molecular flexibility index (Phi) is 3.49. The third-order valence-electron chi connectivity index (χ3n) is 2.47. The van der Waals surface area contributed by atoms with E-state index < -0.39 is 0 Å². The molecule has 0 saturated heterocycles. The number of hydrogen-bond acceptors (Lipinski definition) is 2. The molecule has 86 valence electrons. The molecule has 0 saturated carbocycles. The first-order chi connectivity index (χ1) is 8.16. The summed E-state index contributed by atoms with van der Waals surface area (Å²) in [5.41, 5.74) is 15.3. The first kappa shape index (κ1) is 11.7. The summed E-state index contributed by atoms with van der Waals surface area (Å²) < 4.78 is 0.963. The highest BCUT2D eigenvalue weighted by atomic mass is 79.9. The Morgan fingerprint density at radius 2 is 1.76 bits per heavy atom. The Labute approximate surface area is 109 Å². The predicted octanol–water partition coefficient (Wildman–Crippen LogP) is 3.49. The van der Waals surface area contributed by atoms with Crippen LogP contribution in [0.5, 0.6) is 0 Å². The molecule has 0 fully saturated rings. The molecule has 4 N–H and O–H groups in total. The lowest BCUT2D eigenvalue weighted by atomic mass is 10.1. The van der Waals surface area contributed by atoms with E-state index in [4.69, 9.17) is 11.5 Å². The molecule has 0 aliphatic carbocycles. The fourth-order valence-electron chi connectivity index (χ4n) is 1.56. The predicted molar refractivity (Wildman–Crippen MR) is 77.1 cm³/mol. The van der Waals surface area contributed by atoms with Crippen LogP contribution in [-0.2, 0) is 0 Å². The van der Waals surface area contributed by atoms with Crippen LogP contribution in [0.3, 0.4) is 0 Å². The normalized spacial score (nSPS) is 11.5. The van der Waals surface area contributed by atoms with Gasteiger partial charge in [0, 0.05) is 15.9 Å². The van der Waals surface area contributed by atoms with Crippen LogP contribution in [0.15, 0.2) is 53.0 Å². The quantitative estimate of drug-likeness (QED) is 0.657. The smallest absolute Gasteiger partial charge is 0.0399 e. The van der Waals surface area contributed by atoms with E-state index in [0.717, 1.165) is 15.6 Å². The number of rotatable bonds is 2. The topological polar surface area (TPSA) is 52.0 Å². The Bertz CT molecular complexity index is 547. The van der Waals surface area contributed by atoms with Gasteiger partial charge in [-0.2, -0.15) is 0 Å². The van der Waals surface area contributed by atoms with Crippen LogP contribution in [0.2, 0.25) is 0 Å². The lowest BCUT2D eigenvalue weighted by Crippen LogP contribution is -1.97. The molecule has 0 radical (unpaired) electrons. The molecule has 2 aromatic rings. The number of halogens is 1. The number of nitrogen functional groups attached to an aromatic ring is 1. The van der Waals surface area contributed by atoms with Crippen molar-refractivity contribution in [2.75, 3.05) is 5.73 Å². The maximum atomic E-state index is 6.03. The summed E-state index contributed by atoms with van der Waals surface area (Å²) in [4.78, 5) is 0. The Balaban J connectivity index is 2.36. The van der Waals surface area contributed by atoms with E-state index >= 15 is 0 Å². The third kappa shape index (κ3) is 2.88. The van der Waals surface area contributed by atoms with Gasteiger partial charge < -0.3 is 11.5 Å². The molecule has 2 nitrogen and oxygen atoms in total. The fourth-order valence-corrected chi connectivity index (χ4v) is 1.94. The summed E-state index contributed by atoms with van der Waals surface area (Å²) in [6.45, 7) is 0. The molecular weight excluding hydrogens is 276 g/mol. The second kappa shape index (κ2) is 5.06. The second-order valence-corrected chi connectivity index (χ2v) is 4.65. The van der Waals surface area contributed by atoms with Crippen molar-refractivity contribution in [1.82, 2.24) is 0 Å². The minimum atomic E-state index is 0.707. The summed E-state index contributed by atoms with van der Waals surface area (Å²) in [6.07, 6.45) is 1.89. The van der Waals surface area contributed by atoms with Crippen LogP contribution in [-0.4, -0.2) is 0 Å². The van der Waals surface area contributed by atoms with Gasteiger partial charge in [0.25, 0.3) is 0 Å². The van der Waals surface area contributed by atoms with E-state index in [2.05, 4.69) is 15.9 Å². The van der Waals surface area contributed by atoms with Gasteiger partial charge >= 0.3 is 0 Å². The van der Waals surface area contributed by atoms with Gasteiger partial charge in [0.05, 0.1) is 0 Å². The summed E-state index contributed by atoms with van der Waals surface area (Å²) in [6, 6.07) is 15.6. The van der Waals surface area contributed by atoms with Crippen molar-refractivity contribution in [3.63, 3.8) is 0 Å². The molecule has 0 aromatic heterocycles. The van der Waals surface area contributed by atoms with Crippen molar-refractivity contribution < 1.29 is 0 Å². The number of hydrogen-bond donors (Lipinski definition) is 2. The van der Waals surface area contributed by atoms with Crippen molar-refractivity contribution in [3.8, 4) is 0 Å². The standard InChI is InChI=1S/C14H13BrN2/c15-12-7-6-11(14(17)9-12)8-13(16)10-4-2-1-3-5-10/h1-9H,16-17H2/b13-8-. The zero-order valence-electron chi connectivity index (χ0n) is 9.23. The zero-order valence-corrected chi connectivity index (χ0v) is 10.8. The van der Waals surface area contributed by atoms with Gasteiger partial charge in [-0.25, -0.2) is 0 Å². The maximum absolute atomic E-state index is 6.03. The summed E-state index contributed by atoms with van der Waals surface area (Å²) in [5.74, 6) is 0. The van der Waals surface area contributed by atoms with Gasteiger partial charge in [0.15, 0.2) is 0 Å². The van der Waals surface area contributed by atoms with Gasteiger partial charge in [-0.05, 0) is 29.3 Å². The van der Waals surface area contributed by atoms with Gasteiger partial charge in [-0.1, -0.05) is 52.3 Å². The highest BCUT2D eigenvalue weighted by Gasteiger charge is 1.99. The molecular formula is C14H13BrN2. The van der Waals surface area contributed by atoms with Gasteiger partial charge in [0.2, 0.25) is 0 Å². The van der Waals surface area contributed by atoms with Crippen LogP contribution < -0.4 is 11.5 Å². The highest BCUT2D eigenvalue weighted by Crippen LogP contribution is 2.22. The molecule has 2 aromatic carbocycles. The lowest BCUT2D eigenvalue weighted by molar-refractivity contribution is 1.52. The van der Waals surface area contributed by atoms with E-state index in [1.165, 1.54) is 0 Å². The second-order valence-electron chi connectivity index (χ2n) is 3.74. The van der Waals surface area contributed by atoms with Gasteiger partial charge in [-0.3, -0.25) is 0 Å². The molecule has 0 aliphatic heterocycles. The molecule has 17 heavy (non-hydrogen) atoms. The Morgan fingerprint density at radius 3 is 2.41 bits per heavy atom. The van der Waals surface area contributed by atoms with Crippen LogP contribution in [0.25, 0.3) is 11.8 Å². The molecule has 0 unspecified atom stereocenters. The highest BCUT2D eigenvalue weighted by molar-refractivity contribution is 9.10. The molecule has 0 aliphatic rings. The van der Waals surface area contributed by atoms with Gasteiger partial charge in [-0.15, -0.1) is 0 Å².